The van der Waals surface area contributed by atoms with Crippen LogP contribution >= 0.6 is 0 Å². The second-order valence-corrected chi connectivity index (χ2v) is 7.46. The number of pyridine rings is 1. The summed E-state index contributed by atoms with van der Waals surface area (Å²) < 4.78 is 7.08. The Kier molecular flexibility index (Phi) is 4.85. The minimum atomic E-state index is -0.340. The van der Waals surface area contributed by atoms with E-state index in [0.29, 0.717) is 17.9 Å². The van der Waals surface area contributed by atoms with E-state index in [-0.39, 0.29) is 5.97 Å². The largest absolute Gasteiger partial charge is 0.462 e. The van der Waals surface area contributed by atoms with E-state index in [4.69, 9.17) is 4.74 Å². The fourth-order valence-electron chi connectivity index (χ4n) is 4.12. The van der Waals surface area contributed by atoms with Gasteiger partial charge in [-0.2, -0.15) is 14.6 Å². The number of rotatable bonds is 4. The zero-order chi connectivity index (χ0) is 21.4. The smallest absolute Gasteiger partial charge is 0.341 e. The van der Waals surface area contributed by atoms with Crippen molar-refractivity contribution in [3.05, 3.63) is 54.1 Å². The van der Waals surface area contributed by atoms with Gasteiger partial charge in [0.15, 0.2) is 0 Å². The minimum Gasteiger partial charge on any atom is -0.462 e. The van der Waals surface area contributed by atoms with Gasteiger partial charge < -0.3 is 14.5 Å². The lowest BCUT2D eigenvalue weighted by Gasteiger charge is -2.38. The number of aromatic nitrogens is 5. The molecule has 4 heterocycles. The Morgan fingerprint density at radius 1 is 1.10 bits per heavy atom. The van der Waals surface area contributed by atoms with Gasteiger partial charge in [-0.05, 0) is 19.9 Å². The number of anilines is 2. The maximum atomic E-state index is 12.7. The molecule has 0 radical (unpaired) electrons. The number of piperazine rings is 1. The molecule has 0 N–H and O–H groups in total. The number of benzene rings is 1. The fourth-order valence-corrected chi connectivity index (χ4v) is 4.12. The SMILES string of the molecule is CCOC(=O)c1cnc2ccccc2c1N1CCN(c2cc(C)nc3ncnn23)CC1. The Bertz CT molecular complexity index is 1260. The summed E-state index contributed by atoms with van der Waals surface area (Å²) in [7, 11) is 0. The highest BCUT2D eigenvalue weighted by atomic mass is 16.5. The summed E-state index contributed by atoms with van der Waals surface area (Å²) in [5, 5.41) is 5.29. The predicted molar refractivity (Wildman–Crippen MR) is 118 cm³/mol. The van der Waals surface area contributed by atoms with E-state index in [1.807, 2.05) is 44.2 Å². The number of fused-ring (bicyclic) bond motifs is 2. The Morgan fingerprint density at radius 3 is 2.68 bits per heavy atom. The highest BCUT2D eigenvalue weighted by Gasteiger charge is 2.26. The first-order valence-electron chi connectivity index (χ1n) is 10.4. The summed E-state index contributed by atoms with van der Waals surface area (Å²) in [6.45, 7) is 7.15. The third-order valence-electron chi connectivity index (χ3n) is 5.52. The number of nitrogens with zero attached hydrogens (tertiary/aromatic N) is 7. The number of esters is 1. The van der Waals surface area contributed by atoms with E-state index in [0.717, 1.165) is 54.3 Å². The van der Waals surface area contributed by atoms with Crippen LogP contribution in [-0.2, 0) is 4.74 Å². The van der Waals surface area contributed by atoms with Gasteiger partial charge in [-0.1, -0.05) is 18.2 Å². The van der Waals surface area contributed by atoms with Gasteiger partial charge in [0.2, 0.25) is 0 Å². The third-order valence-corrected chi connectivity index (χ3v) is 5.52. The summed E-state index contributed by atoms with van der Waals surface area (Å²) in [4.78, 5) is 30.3. The number of ether oxygens (including phenoxy) is 1. The lowest BCUT2D eigenvalue weighted by atomic mass is 10.1. The number of para-hydroxylation sites is 1. The molecule has 31 heavy (non-hydrogen) atoms. The molecule has 0 bridgehead atoms. The van der Waals surface area contributed by atoms with Crippen LogP contribution in [0.5, 0.6) is 0 Å². The lowest BCUT2D eigenvalue weighted by Crippen LogP contribution is -2.47. The molecular weight excluding hydrogens is 394 g/mol. The van der Waals surface area contributed by atoms with Crippen molar-refractivity contribution < 1.29 is 9.53 Å². The van der Waals surface area contributed by atoms with Crippen LogP contribution in [-0.4, -0.2) is 63.3 Å². The first-order valence-corrected chi connectivity index (χ1v) is 10.4. The molecule has 0 spiro atoms. The van der Waals surface area contributed by atoms with Crippen LogP contribution in [0.15, 0.2) is 42.9 Å². The van der Waals surface area contributed by atoms with E-state index in [2.05, 4.69) is 29.9 Å². The normalized spacial score (nSPS) is 14.4. The molecule has 1 saturated heterocycles. The fraction of sp³-hybridized carbons (Fsp3) is 0.318. The molecule has 0 saturated carbocycles. The summed E-state index contributed by atoms with van der Waals surface area (Å²) in [6.07, 6.45) is 3.16. The Hall–Kier alpha value is -3.75. The van der Waals surface area contributed by atoms with E-state index in [1.54, 1.807) is 10.7 Å². The monoisotopic (exact) mass is 417 g/mol. The highest BCUT2D eigenvalue weighted by molar-refractivity contribution is 6.05. The van der Waals surface area contributed by atoms with Crippen LogP contribution in [0.2, 0.25) is 0 Å². The molecule has 5 rings (SSSR count). The second kappa shape index (κ2) is 7.82. The molecule has 3 aromatic heterocycles. The first-order chi connectivity index (χ1) is 15.2. The van der Waals surface area contributed by atoms with Gasteiger partial charge in [-0.25, -0.2) is 9.78 Å². The van der Waals surface area contributed by atoms with E-state index >= 15 is 0 Å². The summed E-state index contributed by atoms with van der Waals surface area (Å²) >= 11 is 0. The van der Waals surface area contributed by atoms with E-state index < -0.39 is 0 Å². The van der Waals surface area contributed by atoms with Crippen LogP contribution < -0.4 is 9.80 Å². The maximum absolute atomic E-state index is 12.7. The maximum Gasteiger partial charge on any atom is 0.341 e. The standard InChI is InChI=1S/C22H23N7O2/c1-3-31-21(30)17-13-23-18-7-5-4-6-16(18)20(17)28-10-8-27(9-11-28)19-12-15(2)26-22-24-14-25-29(19)22/h4-7,12-14H,3,8-11H2,1-2H3. The number of carbonyl (C=O) groups excluding carboxylic acids is 1. The molecule has 0 unspecified atom stereocenters. The Labute approximate surface area is 179 Å². The summed E-state index contributed by atoms with van der Waals surface area (Å²) in [6, 6.07) is 9.93. The lowest BCUT2D eigenvalue weighted by molar-refractivity contribution is 0.0527. The van der Waals surface area contributed by atoms with Crippen molar-refractivity contribution in [3.63, 3.8) is 0 Å². The molecule has 0 amide bonds. The number of carbonyl (C=O) groups is 1. The van der Waals surface area contributed by atoms with Gasteiger partial charge in [0.25, 0.3) is 5.78 Å². The van der Waals surface area contributed by atoms with Gasteiger partial charge in [-0.15, -0.1) is 0 Å². The molecule has 1 aliphatic rings. The van der Waals surface area contributed by atoms with Gasteiger partial charge in [0.1, 0.15) is 17.7 Å². The molecule has 0 atom stereocenters. The first kappa shape index (κ1) is 19.2. The van der Waals surface area contributed by atoms with Gasteiger partial charge in [-0.3, -0.25) is 4.98 Å². The number of hydrogen-bond acceptors (Lipinski definition) is 8. The van der Waals surface area contributed by atoms with Crippen LogP contribution in [0, 0.1) is 6.92 Å². The molecule has 1 aliphatic heterocycles. The van der Waals surface area contributed by atoms with Crippen molar-refractivity contribution in [3.8, 4) is 0 Å². The second-order valence-electron chi connectivity index (χ2n) is 7.46. The predicted octanol–water partition coefficient (Wildman–Crippen LogP) is 2.48. The van der Waals surface area contributed by atoms with Crippen molar-refractivity contribution >= 4 is 34.2 Å². The van der Waals surface area contributed by atoms with Gasteiger partial charge in [0.05, 0.1) is 17.8 Å². The molecule has 9 heteroatoms. The molecule has 9 nitrogen and oxygen atoms in total. The van der Waals surface area contributed by atoms with Gasteiger partial charge in [0, 0.05) is 49.5 Å². The summed E-state index contributed by atoms with van der Waals surface area (Å²) in [5.41, 5.74) is 3.16. The van der Waals surface area contributed by atoms with Crippen molar-refractivity contribution in [1.29, 1.82) is 0 Å². The third kappa shape index (κ3) is 3.41. The quantitative estimate of drug-likeness (QED) is 0.468. The zero-order valence-electron chi connectivity index (χ0n) is 17.5. The number of aryl methyl sites for hydroxylation is 1. The molecule has 0 aliphatic carbocycles. The molecule has 1 fully saturated rings. The van der Waals surface area contributed by atoms with Crippen molar-refractivity contribution in [2.24, 2.45) is 0 Å². The zero-order valence-corrected chi connectivity index (χ0v) is 17.5. The highest BCUT2D eigenvalue weighted by Crippen LogP contribution is 2.31. The minimum absolute atomic E-state index is 0.328. The Morgan fingerprint density at radius 2 is 1.87 bits per heavy atom. The van der Waals surface area contributed by atoms with Crippen LogP contribution in [0.4, 0.5) is 11.5 Å². The average molecular weight is 417 g/mol. The van der Waals surface area contributed by atoms with Crippen LogP contribution in [0.25, 0.3) is 16.7 Å². The van der Waals surface area contributed by atoms with E-state index in [1.165, 1.54) is 6.33 Å². The van der Waals surface area contributed by atoms with Crippen molar-refractivity contribution in [1.82, 2.24) is 24.6 Å². The molecular formula is C22H23N7O2. The van der Waals surface area contributed by atoms with Crippen LogP contribution in [0.3, 0.4) is 0 Å². The molecule has 4 aromatic rings. The average Bonchev–Trinajstić information content (AvgIpc) is 3.26. The van der Waals surface area contributed by atoms with E-state index in [9.17, 15) is 4.79 Å². The van der Waals surface area contributed by atoms with Gasteiger partial charge >= 0.3 is 5.97 Å². The topological polar surface area (TPSA) is 88.8 Å². The van der Waals surface area contributed by atoms with Crippen molar-refractivity contribution in [2.75, 3.05) is 42.6 Å². The van der Waals surface area contributed by atoms with Crippen molar-refractivity contribution in [2.45, 2.75) is 13.8 Å². The molecule has 158 valence electrons. The van der Waals surface area contributed by atoms with Crippen LogP contribution in [0.1, 0.15) is 23.0 Å². The molecule has 1 aromatic carbocycles. The number of hydrogen-bond donors (Lipinski definition) is 0. The Balaban J connectivity index is 1.48. The summed E-state index contributed by atoms with van der Waals surface area (Å²) in [5.74, 6) is 1.24.